The monoisotopic (exact) mass is 1290 g/mol. The van der Waals surface area contributed by atoms with Gasteiger partial charge in [-0.15, -0.1) is 0 Å². The summed E-state index contributed by atoms with van der Waals surface area (Å²) < 4.78 is 14.1. The Hall–Kier alpha value is -12.8. The van der Waals surface area contributed by atoms with E-state index >= 15 is 0 Å². The highest BCUT2D eigenvalue weighted by molar-refractivity contribution is 6.14. The van der Waals surface area contributed by atoms with Crippen molar-refractivity contribution in [2.75, 3.05) is 9.80 Å². The highest BCUT2D eigenvalue weighted by Crippen LogP contribution is 2.51. The third-order valence-electron chi connectivity index (χ3n) is 21.3. The van der Waals surface area contributed by atoms with Crippen molar-refractivity contribution in [2.45, 2.75) is 26.2 Å². The summed E-state index contributed by atoms with van der Waals surface area (Å²) >= 11 is 0. The maximum Gasteiger partial charge on any atom is 0.143 e. The van der Waals surface area contributed by atoms with Gasteiger partial charge in [0.05, 0.1) is 17.1 Å². The average molecular weight is 1290 g/mol. The second-order valence-corrected chi connectivity index (χ2v) is 27.3. The van der Waals surface area contributed by atoms with E-state index in [4.69, 9.17) is 8.83 Å². The van der Waals surface area contributed by atoms with E-state index in [-0.39, 0.29) is 11.3 Å². The van der Waals surface area contributed by atoms with Gasteiger partial charge >= 0.3 is 0 Å². The molecule has 16 aromatic rings. The molecule has 0 N–H and O–H groups in total. The second-order valence-electron chi connectivity index (χ2n) is 27.3. The van der Waals surface area contributed by atoms with Crippen molar-refractivity contribution < 1.29 is 8.83 Å². The summed E-state index contributed by atoms with van der Waals surface area (Å²) in [6.45, 7) is 4.63. The van der Waals surface area contributed by atoms with Crippen LogP contribution in [0.15, 0.2) is 372 Å². The lowest BCUT2D eigenvalue weighted by Crippen LogP contribution is -2.24. The number of hydrogen-bond donors (Lipinski definition) is 0. The Kier molecular flexibility index (Phi) is 14.3. The summed E-state index contributed by atoms with van der Waals surface area (Å²) in [5.41, 5.74) is 25.4. The first-order valence-electron chi connectivity index (χ1n) is 35.1. The lowest BCUT2D eigenvalue weighted by atomic mass is 9.73. The molecular formula is C97H68N2O2. The zero-order valence-electron chi connectivity index (χ0n) is 56.1. The standard InChI is InChI=1S/C97H68N2O2/c1-63-79(82-32-10-13-40-92(82)99(90-41-18-26-68-23-8-9-31-81(68)90)77-52-48-67(49-53-77)71-28-16-27-70(57-71)64-21-4-3-5-22-64)34-19-37-85-89-59-74-29-17-35-80(87(74)62-94(89)100-95(63)85)69-44-42-65(43-45-69)66-46-50-76(51-47-66)98(78-54-56-97(2)55-15-14-30-75(97)61-78)91-39-12-11-33-83(91)84-36-20-38-86-88-58-72-24-6-7-25-73(72)60-93(88)101-96(84)86/h3-55,57-63H,56H2,1-2H3/t63-,97?/m1/s1. The molecule has 3 aliphatic carbocycles. The number of allylic oxidation sites excluding steroid dienone is 10. The highest BCUT2D eigenvalue weighted by Gasteiger charge is 2.32. The Morgan fingerprint density at radius 1 is 0.366 bits per heavy atom. The third-order valence-corrected chi connectivity index (χ3v) is 21.3. The first kappa shape index (κ1) is 59.5. The number of furan rings is 2. The molecule has 2 aromatic heterocycles. The Bertz CT molecular complexity index is 6190. The molecule has 101 heavy (non-hydrogen) atoms. The van der Waals surface area contributed by atoms with Gasteiger partial charge in [-0.05, 0) is 168 Å². The molecule has 4 heteroatoms. The van der Waals surface area contributed by atoms with Crippen LogP contribution < -0.4 is 9.80 Å². The zero-order chi connectivity index (χ0) is 67.1. The lowest BCUT2D eigenvalue weighted by molar-refractivity contribution is 0.523. The summed E-state index contributed by atoms with van der Waals surface area (Å²) in [4.78, 5) is 4.88. The van der Waals surface area contributed by atoms with Gasteiger partial charge in [0.2, 0.25) is 0 Å². The Morgan fingerprint density at radius 3 is 1.70 bits per heavy atom. The van der Waals surface area contributed by atoms with Gasteiger partial charge < -0.3 is 18.6 Å². The molecule has 0 aliphatic heterocycles. The molecule has 0 saturated heterocycles. The van der Waals surface area contributed by atoms with E-state index in [0.717, 1.165) is 135 Å². The summed E-state index contributed by atoms with van der Waals surface area (Å²) in [5, 5.41) is 10.4. The molecule has 3 aliphatic rings. The minimum Gasteiger partial charge on any atom is -0.460 e. The quantitative estimate of drug-likeness (QED) is 0.122. The van der Waals surface area contributed by atoms with Crippen molar-refractivity contribution >= 4 is 105 Å². The van der Waals surface area contributed by atoms with Gasteiger partial charge in [0.15, 0.2) is 0 Å². The van der Waals surface area contributed by atoms with E-state index in [9.17, 15) is 0 Å². The summed E-state index contributed by atoms with van der Waals surface area (Å²) in [7, 11) is 0. The predicted molar refractivity (Wildman–Crippen MR) is 425 cm³/mol. The van der Waals surface area contributed by atoms with Crippen molar-refractivity contribution in [3.05, 3.63) is 380 Å². The van der Waals surface area contributed by atoms with Gasteiger partial charge in [0, 0.05) is 72.2 Å². The first-order chi connectivity index (χ1) is 49.8. The molecule has 4 nitrogen and oxygen atoms in total. The maximum atomic E-state index is 7.19. The average Bonchev–Trinajstić information content (AvgIpc) is 1.72. The number of nitrogens with zero attached hydrogens (tertiary/aromatic N) is 2. The Balaban J connectivity index is 0.636. The van der Waals surface area contributed by atoms with E-state index in [0.29, 0.717) is 0 Å². The van der Waals surface area contributed by atoms with Crippen LogP contribution in [0, 0.1) is 5.41 Å². The molecule has 14 aromatic carbocycles. The molecule has 0 amide bonds. The predicted octanol–water partition coefficient (Wildman–Crippen LogP) is 27.3. The van der Waals surface area contributed by atoms with E-state index in [1.807, 2.05) is 0 Å². The van der Waals surface area contributed by atoms with Crippen LogP contribution in [0.5, 0.6) is 0 Å². The number of anilines is 5. The molecule has 0 bridgehead atoms. The number of rotatable bonds is 12. The second kappa shape index (κ2) is 24.3. The molecule has 0 saturated carbocycles. The SMILES string of the molecule is C[C@@H]1C(c2ccccc2N(c2ccc(-c3cccc(-c4ccccc4)c3)cc2)c2cccc3ccccc23)=CC=Cc2c1oc1cc3c(-c4ccc(-c5ccc(N(C6=CCC7(C)C=CC=CC7=C6)c6ccccc6-c6cccc7c6oc6cc8ccccc8cc67)cc5)cc4)cccc3cc21. The number of hydrogen-bond acceptors (Lipinski definition) is 4. The van der Waals surface area contributed by atoms with E-state index in [1.54, 1.807) is 0 Å². The van der Waals surface area contributed by atoms with Crippen molar-refractivity contribution in [3.63, 3.8) is 0 Å². The van der Waals surface area contributed by atoms with Crippen molar-refractivity contribution in [1.29, 1.82) is 0 Å². The number of para-hydroxylation sites is 3. The Morgan fingerprint density at radius 2 is 0.911 bits per heavy atom. The van der Waals surface area contributed by atoms with E-state index < -0.39 is 0 Å². The number of benzene rings is 14. The number of fused-ring (bicyclic) bond motifs is 10. The molecule has 0 spiro atoms. The van der Waals surface area contributed by atoms with Gasteiger partial charge in [0.25, 0.3) is 0 Å². The van der Waals surface area contributed by atoms with Crippen LogP contribution in [-0.2, 0) is 0 Å². The van der Waals surface area contributed by atoms with Crippen LogP contribution >= 0.6 is 0 Å². The van der Waals surface area contributed by atoms with Crippen LogP contribution in [-0.4, -0.2) is 0 Å². The van der Waals surface area contributed by atoms with Crippen LogP contribution in [0.4, 0.5) is 28.4 Å². The fourth-order valence-electron chi connectivity index (χ4n) is 16.0. The molecule has 19 rings (SSSR count). The normalized spacial score (nSPS) is 15.6. The molecule has 0 radical (unpaired) electrons. The molecule has 1 unspecified atom stereocenters. The van der Waals surface area contributed by atoms with Gasteiger partial charge in [-0.2, -0.15) is 0 Å². The van der Waals surface area contributed by atoms with Gasteiger partial charge in [0.1, 0.15) is 22.5 Å². The van der Waals surface area contributed by atoms with Gasteiger partial charge in [-0.25, -0.2) is 0 Å². The zero-order valence-corrected chi connectivity index (χ0v) is 56.1. The Labute approximate surface area is 587 Å². The fourth-order valence-corrected chi connectivity index (χ4v) is 16.0. The van der Waals surface area contributed by atoms with E-state index in [1.165, 1.54) is 54.8 Å². The van der Waals surface area contributed by atoms with Crippen molar-refractivity contribution in [1.82, 2.24) is 0 Å². The van der Waals surface area contributed by atoms with Gasteiger partial charge in [-0.1, -0.05) is 293 Å². The minimum atomic E-state index is -0.0827. The molecule has 478 valence electrons. The smallest absolute Gasteiger partial charge is 0.143 e. The van der Waals surface area contributed by atoms with Crippen LogP contribution in [0.25, 0.3) is 133 Å². The van der Waals surface area contributed by atoms with Crippen LogP contribution in [0.3, 0.4) is 0 Å². The van der Waals surface area contributed by atoms with Crippen molar-refractivity contribution in [3.8, 4) is 55.6 Å². The summed E-state index contributed by atoms with van der Waals surface area (Å²) in [5.74, 6) is 0.873. The topological polar surface area (TPSA) is 32.8 Å². The van der Waals surface area contributed by atoms with Gasteiger partial charge in [-0.3, -0.25) is 0 Å². The summed E-state index contributed by atoms with van der Waals surface area (Å²) in [6, 6.07) is 110. The molecule has 0 fully saturated rings. The summed E-state index contributed by atoms with van der Waals surface area (Å²) in [6.07, 6.45) is 21.4. The largest absolute Gasteiger partial charge is 0.460 e. The van der Waals surface area contributed by atoms with Crippen LogP contribution in [0.1, 0.15) is 43.1 Å². The highest BCUT2D eigenvalue weighted by atomic mass is 16.3. The first-order valence-corrected chi connectivity index (χ1v) is 35.1. The lowest BCUT2D eigenvalue weighted by Gasteiger charge is -2.36. The minimum absolute atomic E-state index is 0.0642. The maximum absolute atomic E-state index is 7.19. The van der Waals surface area contributed by atoms with E-state index in [2.05, 4.69) is 382 Å². The molecule has 2 atom stereocenters. The molecular weight excluding hydrogens is 1230 g/mol. The fraction of sp³-hybridized carbons (Fsp3) is 0.0515. The van der Waals surface area contributed by atoms with Crippen LogP contribution in [0.2, 0.25) is 0 Å². The van der Waals surface area contributed by atoms with Crippen molar-refractivity contribution in [2.24, 2.45) is 5.41 Å². The molecule has 2 heterocycles. The third kappa shape index (κ3) is 10.4.